The molecule has 11 aromatic rings. The lowest BCUT2D eigenvalue weighted by atomic mass is 10.0. The maximum Gasteiger partial charge on any atom is 0.140 e. The van der Waals surface area contributed by atoms with Crippen LogP contribution in [0.3, 0.4) is 0 Å². The van der Waals surface area contributed by atoms with Crippen LogP contribution in [0.5, 0.6) is 0 Å². The van der Waals surface area contributed by atoms with Gasteiger partial charge in [-0.25, -0.2) is 4.98 Å². The Morgan fingerprint density at radius 1 is 0.346 bits per heavy atom. The third kappa shape index (κ3) is 4.12. The van der Waals surface area contributed by atoms with E-state index in [1.54, 1.807) is 0 Å². The van der Waals surface area contributed by atoms with Crippen molar-refractivity contribution in [3.05, 3.63) is 181 Å². The molecule has 4 aromatic heterocycles. The van der Waals surface area contributed by atoms with Crippen molar-refractivity contribution >= 4 is 65.4 Å². The van der Waals surface area contributed by atoms with Crippen LogP contribution in [0, 0.1) is 6.92 Å². The zero-order chi connectivity index (χ0) is 34.3. The summed E-state index contributed by atoms with van der Waals surface area (Å²) in [6.07, 6.45) is 0. The van der Waals surface area contributed by atoms with Gasteiger partial charge in [0.2, 0.25) is 0 Å². The minimum atomic E-state index is 0.874. The highest BCUT2D eigenvalue weighted by Crippen LogP contribution is 2.40. The molecular weight excluding hydrogens is 633 g/mol. The molecule has 7 aromatic carbocycles. The number of fused-ring (bicyclic) bond motifs is 9. The Balaban J connectivity index is 1.27. The van der Waals surface area contributed by atoms with E-state index < -0.39 is 0 Å². The van der Waals surface area contributed by atoms with Crippen LogP contribution in [-0.2, 0) is 0 Å². The largest absolute Gasteiger partial charge is 0.309 e. The zero-order valence-corrected chi connectivity index (χ0v) is 28.5. The standard InChI is InChI=1S/C48H32N4/c1-31-26-27-46-39(28-31)38-19-7-9-21-41(38)50(46)40-20-8-2-14-33(40)32-29-47(51-42-22-10-3-15-34(42)35-16-4-11-23-43(35)51)49-48(30-32)52-44-24-12-5-17-36(44)37-18-6-13-25-45(37)52/h2-30H,1H3. The van der Waals surface area contributed by atoms with E-state index in [1.807, 2.05) is 0 Å². The highest BCUT2D eigenvalue weighted by molar-refractivity contribution is 6.12. The van der Waals surface area contributed by atoms with Crippen molar-refractivity contribution in [2.24, 2.45) is 0 Å². The van der Waals surface area contributed by atoms with Crippen molar-refractivity contribution < 1.29 is 0 Å². The number of aromatic nitrogens is 4. The number of benzene rings is 7. The van der Waals surface area contributed by atoms with Gasteiger partial charge in [-0.15, -0.1) is 0 Å². The first kappa shape index (κ1) is 28.9. The predicted molar refractivity (Wildman–Crippen MR) is 217 cm³/mol. The summed E-state index contributed by atoms with van der Waals surface area (Å²) in [5.41, 5.74) is 11.5. The summed E-state index contributed by atoms with van der Waals surface area (Å²) in [4.78, 5) is 5.57. The SMILES string of the molecule is Cc1ccc2c(c1)c1ccccc1n2-c1ccccc1-c1cc(-n2c3ccccc3c3ccccc32)nc(-n2c3ccccc3c3ccccc32)c1. The highest BCUT2D eigenvalue weighted by Gasteiger charge is 2.21. The van der Waals surface area contributed by atoms with E-state index in [9.17, 15) is 0 Å². The van der Waals surface area contributed by atoms with Gasteiger partial charge in [0.25, 0.3) is 0 Å². The molecule has 4 heteroatoms. The van der Waals surface area contributed by atoms with Crippen molar-refractivity contribution in [1.82, 2.24) is 18.7 Å². The summed E-state index contributed by atoms with van der Waals surface area (Å²) in [5, 5.41) is 7.36. The number of hydrogen-bond donors (Lipinski definition) is 0. The third-order valence-corrected chi connectivity index (χ3v) is 10.7. The van der Waals surface area contributed by atoms with Crippen LogP contribution in [0.4, 0.5) is 0 Å². The van der Waals surface area contributed by atoms with Gasteiger partial charge >= 0.3 is 0 Å². The molecule has 0 saturated carbocycles. The summed E-state index contributed by atoms with van der Waals surface area (Å²) >= 11 is 0. The van der Waals surface area contributed by atoms with Crippen molar-refractivity contribution in [3.63, 3.8) is 0 Å². The average molecular weight is 665 g/mol. The Kier molecular flexibility index (Phi) is 6.13. The number of rotatable bonds is 4. The second kappa shape index (κ2) is 11.0. The summed E-state index contributed by atoms with van der Waals surface area (Å²) < 4.78 is 7.09. The Labute approximate surface area is 300 Å². The maximum atomic E-state index is 5.57. The predicted octanol–water partition coefficient (Wildman–Crippen LogP) is 12.3. The van der Waals surface area contributed by atoms with Crippen LogP contribution >= 0.6 is 0 Å². The van der Waals surface area contributed by atoms with Crippen LogP contribution in [0.15, 0.2) is 176 Å². The Morgan fingerprint density at radius 3 is 1.23 bits per heavy atom. The molecule has 52 heavy (non-hydrogen) atoms. The molecule has 0 bridgehead atoms. The Hall–Kier alpha value is -6.91. The topological polar surface area (TPSA) is 27.7 Å². The number of para-hydroxylation sites is 6. The van der Waals surface area contributed by atoms with E-state index in [-0.39, 0.29) is 0 Å². The van der Waals surface area contributed by atoms with Gasteiger partial charge in [-0.1, -0.05) is 121 Å². The summed E-state index contributed by atoms with van der Waals surface area (Å²) in [7, 11) is 0. The molecule has 4 nitrogen and oxygen atoms in total. The van der Waals surface area contributed by atoms with E-state index in [4.69, 9.17) is 4.98 Å². The van der Waals surface area contributed by atoms with Gasteiger partial charge in [-0.05, 0) is 73.2 Å². The van der Waals surface area contributed by atoms with Gasteiger partial charge < -0.3 is 4.57 Å². The first-order valence-electron chi connectivity index (χ1n) is 17.8. The maximum absolute atomic E-state index is 5.57. The summed E-state index contributed by atoms with van der Waals surface area (Å²) in [6, 6.07) is 63.5. The number of hydrogen-bond acceptors (Lipinski definition) is 1. The smallest absolute Gasteiger partial charge is 0.140 e. The molecule has 0 saturated heterocycles. The molecule has 0 aliphatic rings. The van der Waals surface area contributed by atoms with Crippen molar-refractivity contribution in [2.45, 2.75) is 6.92 Å². The minimum Gasteiger partial charge on any atom is -0.309 e. The van der Waals surface area contributed by atoms with Crippen molar-refractivity contribution in [3.8, 4) is 28.5 Å². The molecule has 0 unspecified atom stereocenters. The number of pyridine rings is 1. The lowest BCUT2D eigenvalue weighted by Gasteiger charge is -2.17. The first-order chi connectivity index (χ1) is 25.7. The number of aryl methyl sites for hydroxylation is 1. The molecule has 11 rings (SSSR count). The van der Waals surface area contributed by atoms with Gasteiger partial charge in [0.15, 0.2) is 0 Å². The number of nitrogens with zero attached hydrogens (tertiary/aromatic N) is 4. The highest BCUT2D eigenvalue weighted by atomic mass is 15.1. The van der Waals surface area contributed by atoms with Crippen LogP contribution in [0.1, 0.15) is 5.56 Å². The fraction of sp³-hybridized carbons (Fsp3) is 0.0208. The zero-order valence-electron chi connectivity index (χ0n) is 28.5. The molecule has 0 aliphatic heterocycles. The molecule has 4 heterocycles. The Bertz CT molecular complexity index is 2970. The molecule has 244 valence electrons. The molecular formula is C48H32N4. The fourth-order valence-corrected chi connectivity index (χ4v) is 8.48. The van der Waals surface area contributed by atoms with E-state index in [0.717, 1.165) is 50.5 Å². The molecule has 0 N–H and O–H groups in total. The van der Waals surface area contributed by atoms with Gasteiger partial charge in [-0.2, -0.15) is 0 Å². The van der Waals surface area contributed by atoms with Crippen molar-refractivity contribution in [2.75, 3.05) is 0 Å². The third-order valence-electron chi connectivity index (χ3n) is 10.7. The molecule has 0 amide bonds. The molecule has 0 aliphatic carbocycles. The van der Waals surface area contributed by atoms with Crippen LogP contribution in [0.25, 0.3) is 93.9 Å². The molecule has 0 radical (unpaired) electrons. The van der Waals surface area contributed by atoms with E-state index in [0.29, 0.717) is 0 Å². The van der Waals surface area contributed by atoms with E-state index >= 15 is 0 Å². The quantitative estimate of drug-likeness (QED) is 0.184. The normalized spacial score (nSPS) is 11.9. The average Bonchev–Trinajstić information content (AvgIpc) is 3.83. The Morgan fingerprint density at radius 2 is 0.731 bits per heavy atom. The van der Waals surface area contributed by atoms with Gasteiger partial charge in [0.05, 0.1) is 38.8 Å². The monoisotopic (exact) mass is 664 g/mol. The van der Waals surface area contributed by atoms with Crippen LogP contribution in [-0.4, -0.2) is 18.7 Å². The minimum absolute atomic E-state index is 0.874. The van der Waals surface area contributed by atoms with E-state index in [2.05, 4.69) is 197 Å². The molecule has 0 fully saturated rings. The lowest BCUT2D eigenvalue weighted by molar-refractivity contribution is 1.01. The molecule has 0 spiro atoms. The van der Waals surface area contributed by atoms with Gasteiger partial charge in [0.1, 0.15) is 11.6 Å². The van der Waals surface area contributed by atoms with Crippen molar-refractivity contribution in [1.29, 1.82) is 0 Å². The lowest BCUT2D eigenvalue weighted by Crippen LogP contribution is -2.05. The second-order valence-electron chi connectivity index (χ2n) is 13.7. The first-order valence-corrected chi connectivity index (χ1v) is 17.8. The summed E-state index contributed by atoms with van der Waals surface area (Å²) in [5.74, 6) is 1.75. The van der Waals surface area contributed by atoms with Gasteiger partial charge in [0, 0.05) is 37.9 Å². The van der Waals surface area contributed by atoms with Crippen LogP contribution < -0.4 is 0 Å². The fourth-order valence-electron chi connectivity index (χ4n) is 8.48. The van der Waals surface area contributed by atoms with E-state index in [1.165, 1.54) is 48.9 Å². The molecule has 0 atom stereocenters. The van der Waals surface area contributed by atoms with Gasteiger partial charge in [-0.3, -0.25) is 9.13 Å². The summed E-state index contributed by atoms with van der Waals surface area (Å²) in [6.45, 7) is 2.17. The second-order valence-corrected chi connectivity index (χ2v) is 13.7. The van der Waals surface area contributed by atoms with Crippen LogP contribution in [0.2, 0.25) is 0 Å².